The molecule has 0 fully saturated rings. The summed E-state index contributed by atoms with van der Waals surface area (Å²) < 4.78 is 11.4. The summed E-state index contributed by atoms with van der Waals surface area (Å²) in [6.07, 6.45) is 3.90. The number of imidazole rings is 1. The van der Waals surface area contributed by atoms with E-state index in [1.807, 2.05) is 297 Å². The Morgan fingerprint density at radius 1 is 0.398 bits per heavy atom. The van der Waals surface area contributed by atoms with Crippen LogP contribution in [0.3, 0.4) is 0 Å². The summed E-state index contributed by atoms with van der Waals surface area (Å²) in [5.41, 5.74) is 9.87. The van der Waals surface area contributed by atoms with E-state index in [-0.39, 0.29) is 41.4 Å². The highest BCUT2D eigenvalue weighted by Crippen LogP contribution is 2.46. The molecule has 4 N–H and O–H groups in total. The van der Waals surface area contributed by atoms with Gasteiger partial charge in [0.1, 0.15) is 42.8 Å². The number of carbonyl (C=O) groups is 5. The largest absolute Gasteiger partial charge is 0.489 e. The van der Waals surface area contributed by atoms with Gasteiger partial charge in [-0.05, 0) is 98.9 Å². The zero-order valence-corrected chi connectivity index (χ0v) is 70.5. The fourth-order valence-electron chi connectivity index (χ4n) is 14.5. The smallest absolute Gasteiger partial charge is 0.318 e. The van der Waals surface area contributed by atoms with Gasteiger partial charge in [0.05, 0.1) is 17.8 Å². The molecule has 16 nitrogen and oxygen atoms in total. The Labute approximate surface area is 710 Å². The number of ether oxygens (including phenoxy) is 2. The number of H-pyrrole nitrogens is 1. The van der Waals surface area contributed by atoms with Crippen molar-refractivity contribution in [3.63, 3.8) is 0 Å². The highest BCUT2D eigenvalue weighted by molar-refractivity contribution is 6.63. The summed E-state index contributed by atoms with van der Waals surface area (Å²) in [5, 5.41) is 9.43. The molecule has 19 heteroatoms. The molecule has 4 atom stereocenters. The van der Waals surface area contributed by atoms with Crippen LogP contribution in [0, 0.1) is 0 Å². The lowest BCUT2D eigenvalue weighted by atomic mass is 9.63. The third kappa shape index (κ3) is 25.4. The summed E-state index contributed by atoms with van der Waals surface area (Å²) in [6, 6.07) is 102. The standard InChI is InChI=1S/C56H57N3O3.C42H48N6O4.CHCl3/c1-55(2,46-27-15-7-16-28-46)42-57-53(60)51(39-43-35-37-50(38-36-43)62-41-45-25-13-6-14-26-45)59(4)52(54(61)58(3)40-44-23-11-5-12-24-44)56(47-29-17-8-18-30-47,48-31-19-9-20-32-48)49-33-21-10-22-34-49;1-42(2,34-18-12-7-13-19-34)29-44-39(49)38(24-31-20-22-36(23-21-31)52-28-33-16-10-6-11-17-33)48(4)40(50)37(25-35-26-43-30-45-35)46-41(51)47(3)27-32-14-8-5-9-15-32;2-1(3)4/h5-38,51-52H,39-42H2,1-4H3,(H,57,60);5-23,26,30,37-38H,24-25,27-29H2,1-4H3,(H,43,45)(H,44,49)(H,46,51);1H/t;37-,38?;/m.0./s1. The first-order valence-electron chi connectivity index (χ1n) is 39.6. The number of aromatic nitrogens is 2. The second-order valence-electron chi connectivity index (χ2n) is 30.7. The first-order chi connectivity index (χ1) is 57.0. The van der Waals surface area contributed by atoms with Gasteiger partial charge in [0, 0.05) is 82.9 Å². The maximum absolute atomic E-state index is 15.9. The molecule has 0 saturated carbocycles. The number of hydrogen-bond acceptors (Lipinski definition) is 9. The predicted molar refractivity (Wildman–Crippen MR) is 475 cm³/mol. The van der Waals surface area contributed by atoms with Crippen LogP contribution in [0.15, 0.2) is 334 Å². The zero-order valence-electron chi connectivity index (χ0n) is 68.2. The SMILES string of the molecule is CN(Cc1ccccc1)C(=O)C(N(C)C(Cc1ccc(OCc2ccccc2)cc1)C(=O)NCC(C)(C)c1ccccc1)C(c1ccccc1)(c1ccccc1)c1ccccc1.CN(Cc1ccccc1)C(=O)N[C@@H](Cc1cnc[nH]1)C(=O)N(C)C(Cc1ccc(OCc2ccccc2)cc1)C(=O)NCC(C)(C)c1ccccc1.ClC(Cl)Cl. The molecule has 0 aliphatic heterocycles. The minimum atomic E-state index is -1.06. The highest BCUT2D eigenvalue weighted by atomic mass is 35.6. The minimum Gasteiger partial charge on any atom is -0.489 e. The summed E-state index contributed by atoms with van der Waals surface area (Å²) >= 11 is 14.4. The van der Waals surface area contributed by atoms with Crippen LogP contribution in [0.2, 0.25) is 0 Å². The number of benzene rings is 11. The Morgan fingerprint density at radius 3 is 1.09 bits per heavy atom. The molecular formula is C99H106Cl3N9O7. The van der Waals surface area contributed by atoms with Crippen molar-refractivity contribution in [1.29, 1.82) is 0 Å². The number of amides is 6. The van der Waals surface area contributed by atoms with Crippen LogP contribution < -0.4 is 25.4 Å². The topological polar surface area (TPSA) is 182 Å². The van der Waals surface area contributed by atoms with Crippen molar-refractivity contribution in [2.45, 2.75) is 118 Å². The number of rotatable bonds is 34. The van der Waals surface area contributed by atoms with Crippen LogP contribution in [0.25, 0.3) is 0 Å². The molecule has 1 heterocycles. The van der Waals surface area contributed by atoms with E-state index in [9.17, 15) is 14.4 Å². The lowest BCUT2D eigenvalue weighted by Gasteiger charge is -2.48. The van der Waals surface area contributed by atoms with Crippen LogP contribution in [0.1, 0.15) is 94.6 Å². The molecule has 12 aromatic rings. The summed E-state index contributed by atoms with van der Waals surface area (Å²) in [6.45, 7) is 10.8. The van der Waals surface area contributed by atoms with Gasteiger partial charge < -0.3 is 45.1 Å². The Bertz CT molecular complexity index is 4900. The quantitative estimate of drug-likeness (QED) is 0.0225. The van der Waals surface area contributed by atoms with Gasteiger partial charge in [-0.25, -0.2) is 9.78 Å². The third-order valence-electron chi connectivity index (χ3n) is 21.2. The van der Waals surface area contributed by atoms with Crippen LogP contribution in [0.5, 0.6) is 11.5 Å². The molecule has 0 saturated heterocycles. The van der Waals surface area contributed by atoms with Crippen molar-refractivity contribution in [1.82, 2.24) is 45.5 Å². The van der Waals surface area contributed by atoms with Gasteiger partial charge in [-0.1, -0.05) is 360 Å². The Kier molecular flexibility index (Phi) is 33.0. The number of halogens is 3. The Hall–Kier alpha value is -11.8. The molecule has 0 aliphatic carbocycles. The van der Waals surface area contributed by atoms with Crippen LogP contribution in [-0.2, 0) is 81.0 Å². The predicted octanol–water partition coefficient (Wildman–Crippen LogP) is 18.2. The van der Waals surface area contributed by atoms with Crippen molar-refractivity contribution in [3.8, 4) is 11.5 Å². The average molecular weight is 1640 g/mol. The summed E-state index contributed by atoms with van der Waals surface area (Å²) in [7, 11) is 7.12. The number of hydrogen-bond donors (Lipinski definition) is 4. The fourth-order valence-corrected chi connectivity index (χ4v) is 14.5. The molecule has 12 rings (SSSR count). The van der Waals surface area contributed by atoms with Gasteiger partial charge in [0.25, 0.3) is 0 Å². The van der Waals surface area contributed by atoms with Crippen molar-refractivity contribution in [2.75, 3.05) is 41.3 Å². The molecule has 3 unspecified atom stereocenters. The number of aromatic amines is 1. The maximum atomic E-state index is 15.9. The monoisotopic (exact) mass is 1640 g/mol. The number of urea groups is 1. The van der Waals surface area contributed by atoms with Gasteiger partial charge >= 0.3 is 6.03 Å². The third-order valence-corrected chi connectivity index (χ3v) is 21.2. The number of likely N-dealkylation sites (N-methyl/N-ethyl adjacent to an activating group) is 3. The van der Waals surface area contributed by atoms with Crippen molar-refractivity contribution in [2.24, 2.45) is 0 Å². The van der Waals surface area contributed by atoms with E-state index in [0.29, 0.717) is 57.3 Å². The molecule has 0 spiro atoms. The Balaban J connectivity index is 0.000000241. The van der Waals surface area contributed by atoms with E-state index < -0.39 is 45.8 Å². The zero-order chi connectivity index (χ0) is 83.9. The van der Waals surface area contributed by atoms with E-state index in [0.717, 1.165) is 66.9 Å². The van der Waals surface area contributed by atoms with E-state index in [1.54, 1.807) is 20.3 Å². The maximum Gasteiger partial charge on any atom is 0.318 e. The van der Waals surface area contributed by atoms with E-state index >= 15 is 9.59 Å². The second-order valence-corrected chi connectivity index (χ2v) is 32.7. The highest BCUT2D eigenvalue weighted by Gasteiger charge is 2.52. The van der Waals surface area contributed by atoms with Gasteiger partial charge in [-0.15, -0.1) is 0 Å². The van der Waals surface area contributed by atoms with Gasteiger partial charge in [0.2, 0.25) is 23.6 Å². The number of nitrogens with zero attached hydrogens (tertiary/aromatic N) is 5. The molecule has 610 valence electrons. The van der Waals surface area contributed by atoms with Crippen LogP contribution in [-0.4, -0.2) is 129 Å². The van der Waals surface area contributed by atoms with E-state index in [1.165, 1.54) is 16.1 Å². The fraction of sp³-hybridized carbons (Fsp3) is 0.253. The van der Waals surface area contributed by atoms with E-state index in [2.05, 4.69) is 102 Å². The average Bonchev–Trinajstić information content (AvgIpc) is 1.54. The summed E-state index contributed by atoms with van der Waals surface area (Å²) in [5.74, 6) is 0.471. The minimum absolute atomic E-state index is 0.111. The molecule has 0 bridgehead atoms. The molecule has 1 aromatic heterocycles. The van der Waals surface area contributed by atoms with Gasteiger partial charge in [-0.3, -0.25) is 24.1 Å². The van der Waals surface area contributed by atoms with Crippen molar-refractivity contribution in [3.05, 3.63) is 401 Å². The van der Waals surface area contributed by atoms with Crippen LogP contribution >= 0.6 is 34.8 Å². The molecule has 118 heavy (non-hydrogen) atoms. The normalized spacial score (nSPS) is 12.3. The first-order valence-corrected chi connectivity index (χ1v) is 40.9. The van der Waals surface area contributed by atoms with Crippen LogP contribution in [0.4, 0.5) is 4.79 Å². The molecule has 0 radical (unpaired) electrons. The van der Waals surface area contributed by atoms with Gasteiger partial charge in [0.15, 0.2) is 4.30 Å². The second kappa shape index (κ2) is 44.0. The van der Waals surface area contributed by atoms with Gasteiger partial charge in [-0.2, -0.15) is 0 Å². The molecule has 0 aliphatic rings. The van der Waals surface area contributed by atoms with E-state index in [4.69, 9.17) is 44.3 Å². The molecule has 11 aromatic carbocycles. The summed E-state index contributed by atoms with van der Waals surface area (Å²) in [4.78, 5) is 87.1. The number of nitrogens with one attached hydrogen (secondary N) is 4. The Morgan fingerprint density at radius 2 is 0.729 bits per heavy atom. The number of carbonyl (C=O) groups excluding carboxylic acids is 5. The lowest BCUT2D eigenvalue weighted by molar-refractivity contribution is -0.141. The first kappa shape index (κ1) is 88.6. The number of alkyl halides is 3. The molecular weight excluding hydrogens is 1530 g/mol. The lowest BCUT2D eigenvalue weighted by Crippen LogP contribution is -2.63. The van der Waals surface area contributed by atoms with Crippen molar-refractivity contribution >= 4 is 64.5 Å². The molecule has 6 amide bonds. The van der Waals surface area contributed by atoms with Crippen molar-refractivity contribution < 1.29 is 33.4 Å².